The van der Waals surface area contributed by atoms with Gasteiger partial charge in [0.2, 0.25) is 0 Å². The Balaban J connectivity index is 1.57. The van der Waals surface area contributed by atoms with Gasteiger partial charge in [-0.2, -0.15) is 0 Å². The molecular formula is C17H23N3O. The van der Waals surface area contributed by atoms with Crippen molar-refractivity contribution in [2.24, 2.45) is 4.99 Å². The van der Waals surface area contributed by atoms with Gasteiger partial charge in [-0.1, -0.05) is 37.5 Å². The summed E-state index contributed by atoms with van der Waals surface area (Å²) in [4.78, 5) is 4.30. The Bertz CT molecular complexity index is 578. The molecule has 0 radical (unpaired) electrons. The second-order valence-electron chi connectivity index (χ2n) is 5.66. The Hall–Kier alpha value is -1.97. The quantitative estimate of drug-likeness (QED) is 0.671. The maximum absolute atomic E-state index is 5.81. The SMILES string of the molecule is CN=C(NCc1cc2ccccc2o1)NC1CCCCC1. The average Bonchev–Trinajstić information content (AvgIpc) is 2.95. The first-order chi connectivity index (χ1) is 10.3. The number of rotatable bonds is 3. The number of fused-ring (bicyclic) bond motifs is 1. The number of benzene rings is 1. The van der Waals surface area contributed by atoms with Crippen LogP contribution < -0.4 is 10.6 Å². The molecule has 1 fully saturated rings. The van der Waals surface area contributed by atoms with E-state index >= 15 is 0 Å². The fourth-order valence-corrected chi connectivity index (χ4v) is 2.93. The van der Waals surface area contributed by atoms with Crippen molar-refractivity contribution in [3.8, 4) is 0 Å². The standard InChI is InChI=1S/C17H23N3O/c1-18-17(20-14-8-3-2-4-9-14)19-12-15-11-13-7-5-6-10-16(13)21-15/h5-7,10-11,14H,2-4,8-9,12H2,1H3,(H2,18,19,20). The molecule has 0 unspecified atom stereocenters. The van der Waals surface area contributed by atoms with Crippen LogP contribution in [0.2, 0.25) is 0 Å². The summed E-state index contributed by atoms with van der Waals surface area (Å²) < 4.78 is 5.81. The summed E-state index contributed by atoms with van der Waals surface area (Å²) in [6.45, 7) is 0.654. The highest BCUT2D eigenvalue weighted by Gasteiger charge is 2.14. The molecule has 0 amide bonds. The van der Waals surface area contributed by atoms with Gasteiger partial charge in [0.1, 0.15) is 11.3 Å². The van der Waals surface area contributed by atoms with Crippen LogP contribution in [-0.4, -0.2) is 19.0 Å². The van der Waals surface area contributed by atoms with Crippen LogP contribution in [0.5, 0.6) is 0 Å². The van der Waals surface area contributed by atoms with E-state index in [0.717, 1.165) is 22.7 Å². The van der Waals surface area contributed by atoms with E-state index in [9.17, 15) is 0 Å². The maximum Gasteiger partial charge on any atom is 0.191 e. The second-order valence-corrected chi connectivity index (χ2v) is 5.66. The second kappa shape index (κ2) is 6.66. The normalized spacial score (nSPS) is 17.1. The van der Waals surface area contributed by atoms with Crippen molar-refractivity contribution in [2.45, 2.75) is 44.7 Å². The van der Waals surface area contributed by atoms with Crippen LogP contribution in [0.15, 0.2) is 39.7 Å². The highest BCUT2D eigenvalue weighted by molar-refractivity contribution is 5.80. The number of nitrogens with one attached hydrogen (secondary N) is 2. The minimum Gasteiger partial charge on any atom is -0.459 e. The van der Waals surface area contributed by atoms with Crippen LogP contribution in [0.4, 0.5) is 0 Å². The van der Waals surface area contributed by atoms with E-state index in [0.29, 0.717) is 12.6 Å². The molecule has 1 aliphatic rings. The molecule has 1 aliphatic carbocycles. The molecule has 0 spiro atoms. The Morgan fingerprint density at radius 1 is 1.24 bits per heavy atom. The van der Waals surface area contributed by atoms with Crippen LogP contribution >= 0.6 is 0 Å². The molecule has 0 bridgehead atoms. The van der Waals surface area contributed by atoms with Gasteiger partial charge < -0.3 is 15.1 Å². The molecular weight excluding hydrogens is 262 g/mol. The molecule has 1 heterocycles. The van der Waals surface area contributed by atoms with E-state index in [2.05, 4.69) is 27.8 Å². The summed E-state index contributed by atoms with van der Waals surface area (Å²) in [6, 6.07) is 10.7. The Morgan fingerprint density at radius 2 is 2.05 bits per heavy atom. The Kier molecular flexibility index (Phi) is 4.43. The first-order valence-electron chi connectivity index (χ1n) is 7.80. The molecule has 2 N–H and O–H groups in total. The van der Waals surface area contributed by atoms with Gasteiger partial charge in [0.15, 0.2) is 5.96 Å². The first kappa shape index (κ1) is 14.0. The predicted octanol–water partition coefficient (Wildman–Crippen LogP) is 3.43. The highest BCUT2D eigenvalue weighted by atomic mass is 16.3. The molecule has 21 heavy (non-hydrogen) atoms. The summed E-state index contributed by atoms with van der Waals surface area (Å²) in [7, 11) is 1.82. The zero-order valence-electron chi connectivity index (χ0n) is 12.6. The van der Waals surface area contributed by atoms with Gasteiger partial charge in [-0.3, -0.25) is 4.99 Å². The van der Waals surface area contributed by atoms with Gasteiger partial charge in [0, 0.05) is 18.5 Å². The lowest BCUT2D eigenvalue weighted by molar-refractivity contribution is 0.409. The smallest absolute Gasteiger partial charge is 0.191 e. The van der Waals surface area contributed by atoms with E-state index in [1.807, 2.05) is 25.2 Å². The number of aliphatic imine (C=N–C) groups is 1. The van der Waals surface area contributed by atoms with Crippen molar-refractivity contribution in [1.29, 1.82) is 0 Å². The van der Waals surface area contributed by atoms with Gasteiger partial charge >= 0.3 is 0 Å². The number of furan rings is 1. The van der Waals surface area contributed by atoms with E-state index in [1.54, 1.807) is 0 Å². The summed E-state index contributed by atoms with van der Waals surface area (Å²) >= 11 is 0. The zero-order chi connectivity index (χ0) is 14.5. The summed E-state index contributed by atoms with van der Waals surface area (Å²) in [5.41, 5.74) is 0.935. The van der Waals surface area contributed by atoms with Crippen molar-refractivity contribution in [3.63, 3.8) is 0 Å². The largest absolute Gasteiger partial charge is 0.459 e. The van der Waals surface area contributed by atoms with Gasteiger partial charge in [-0.05, 0) is 25.0 Å². The highest BCUT2D eigenvalue weighted by Crippen LogP contribution is 2.19. The molecule has 1 aromatic carbocycles. The van der Waals surface area contributed by atoms with Gasteiger partial charge in [0.05, 0.1) is 6.54 Å². The minimum atomic E-state index is 0.556. The molecule has 0 aliphatic heterocycles. The maximum atomic E-state index is 5.81. The van der Waals surface area contributed by atoms with E-state index in [-0.39, 0.29) is 0 Å². The number of para-hydroxylation sites is 1. The zero-order valence-corrected chi connectivity index (χ0v) is 12.6. The number of hydrogen-bond donors (Lipinski definition) is 2. The summed E-state index contributed by atoms with van der Waals surface area (Å²) in [6.07, 6.45) is 6.48. The number of hydrogen-bond acceptors (Lipinski definition) is 2. The van der Waals surface area contributed by atoms with Gasteiger partial charge in [-0.15, -0.1) is 0 Å². The molecule has 2 aromatic rings. The van der Waals surface area contributed by atoms with Crippen molar-refractivity contribution < 1.29 is 4.42 Å². The molecule has 1 saturated carbocycles. The van der Waals surface area contributed by atoms with Crippen LogP contribution in [-0.2, 0) is 6.54 Å². The van der Waals surface area contributed by atoms with E-state index in [4.69, 9.17) is 4.42 Å². The van der Waals surface area contributed by atoms with Crippen molar-refractivity contribution in [2.75, 3.05) is 7.05 Å². The minimum absolute atomic E-state index is 0.556. The average molecular weight is 285 g/mol. The van der Waals surface area contributed by atoms with Gasteiger partial charge in [0.25, 0.3) is 0 Å². The predicted molar refractivity (Wildman–Crippen MR) is 86.4 cm³/mol. The van der Waals surface area contributed by atoms with Crippen LogP contribution in [0, 0.1) is 0 Å². The Morgan fingerprint density at radius 3 is 2.81 bits per heavy atom. The first-order valence-corrected chi connectivity index (χ1v) is 7.80. The molecule has 3 rings (SSSR count). The van der Waals surface area contributed by atoms with Gasteiger partial charge in [-0.25, -0.2) is 0 Å². The summed E-state index contributed by atoms with van der Waals surface area (Å²) in [5, 5.41) is 7.99. The van der Waals surface area contributed by atoms with E-state index < -0.39 is 0 Å². The number of nitrogens with zero attached hydrogens (tertiary/aromatic N) is 1. The molecule has 1 aromatic heterocycles. The Labute approximate surface area is 125 Å². The fourth-order valence-electron chi connectivity index (χ4n) is 2.93. The third-order valence-electron chi connectivity index (χ3n) is 4.08. The third kappa shape index (κ3) is 3.57. The monoisotopic (exact) mass is 285 g/mol. The molecule has 112 valence electrons. The lowest BCUT2D eigenvalue weighted by atomic mass is 9.96. The fraction of sp³-hybridized carbons (Fsp3) is 0.471. The van der Waals surface area contributed by atoms with E-state index in [1.165, 1.54) is 32.1 Å². The van der Waals surface area contributed by atoms with Crippen molar-refractivity contribution >= 4 is 16.9 Å². The van der Waals surface area contributed by atoms with Crippen LogP contribution in [0.25, 0.3) is 11.0 Å². The van der Waals surface area contributed by atoms with Crippen molar-refractivity contribution in [3.05, 3.63) is 36.1 Å². The molecule has 4 nitrogen and oxygen atoms in total. The topological polar surface area (TPSA) is 49.6 Å². The lowest BCUT2D eigenvalue weighted by Gasteiger charge is -2.24. The number of guanidine groups is 1. The van der Waals surface area contributed by atoms with Crippen molar-refractivity contribution in [1.82, 2.24) is 10.6 Å². The van der Waals surface area contributed by atoms with Crippen LogP contribution in [0.3, 0.4) is 0 Å². The third-order valence-corrected chi connectivity index (χ3v) is 4.08. The molecule has 0 atom stereocenters. The molecule has 0 saturated heterocycles. The molecule has 4 heteroatoms. The lowest BCUT2D eigenvalue weighted by Crippen LogP contribution is -2.43. The summed E-state index contributed by atoms with van der Waals surface area (Å²) in [5.74, 6) is 1.80. The van der Waals surface area contributed by atoms with Crippen LogP contribution in [0.1, 0.15) is 37.9 Å².